The Morgan fingerprint density at radius 3 is 2.95 bits per heavy atom. The normalized spacial score (nSPS) is 17.4. The fraction of sp³-hybridized carbons (Fsp3) is 0.467. The van der Waals surface area contributed by atoms with E-state index < -0.39 is 0 Å². The minimum atomic E-state index is -0.151. The molecule has 0 bridgehead atoms. The van der Waals surface area contributed by atoms with Crippen LogP contribution in [0.1, 0.15) is 23.7 Å². The highest BCUT2D eigenvalue weighted by Gasteiger charge is 2.29. The van der Waals surface area contributed by atoms with Crippen molar-refractivity contribution in [3.63, 3.8) is 0 Å². The molecule has 7 heteroatoms. The van der Waals surface area contributed by atoms with E-state index in [1.807, 2.05) is 0 Å². The Bertz CT molecular complexity index is 565. The van der Waals surface area contributed by atoms with Gasteiger partial charge in [0, 0.05) is 37.6 Å². The molecule has 2 amide bonds. The molecule has 1 saturated heterocycles. The van der Waals surface area contributed by atoms with Crippen molar-refractivity contribution in [1.82, 2.24) is 10.2 Å². The highest BCUT2D eigenvalue weighted by atomic mass is 35.5. The Labute approximate surface area is 134 Å². The van der Waals surface area contributed by atoms with E-state index in [1.165, 1.54) is 6.92 Å². The third kappa shape index (κ3) is 4.11. The number of rotatable bonds is 5. The maximum absolute atomic E-state index is 12.7. The Morgan fingerprint density at radius 1 is 1.50 bits per heavy atom. The number of nitrogens with zero attached hydrogens (tertiary/aromatic N) is 1. The Balaban J connectivity index is 2.12. The monoisotopic (exact) mass is 325 g/mol. The van der Waals surface area contributed by atoms with Crippen molar-refractivity contribution < 1.29 is 14.3 Å². The van der Waals surface area contributed by atoms with Gasteiger partial charge in [-0.3, -0.25) is 9.59 Å². The number of nitrogens with one attached hydrogen (secondary N) is 1. The van der Waals surface area contributed by atoms with Crippen LogP contribution in [0.15, 0.2) is 18.2 Å². The Kier molecular flexibility index (Phi) is 5.63. The lowest BCUT2D eigenvalue weighted by atomic mass is 10.1. The van der Waals surface area contributed by atoms with Crippen LogP contribution in [0, 0.1) is 0 Å². The van der Waals surface area contributed by atoms with Crippen LogP contribution in [0.5, 0.6) is 5.75 Å². The molecule has 3 N–H and O–H groups in total. The summed E-state index contributed by atoms with van der Waals surface area (Å²) in [7, 11) is 0. The number of amides is 2. The van der Waals surface area contributed by atoms with E-state index in [0.29, 0.717) is 42.6 Å². The fourth-order valence-corrected chi connectivity index (χ4v) is 2.66. The molecule has 1 fully saturated rings. The predicted molar refractivity (Wildman–Crippen MR) is 84.1 cm³/mol. The van der Waals surface area contributed by atoms with Crippen molar-refractivity contribution in [3.8, 4) is 5.75 Å². The average Bonchev–Trinajstić information content (AvgIpc) is 2.92. The molecule has 1 heterocycles. The Hall–Kier alpha value is -1.79. The predicted octanol–water partition coefficient (Wildman–Crippen LogP) is 1.03. The van der Waals surface area contributed by atoms with Crippen molar-refractivity contribution in [1.29, 1.82) is 0 Å². The molecule has 1 unspecified atom stereocenters. The quantitative estimate of drug-likeness (QED) is 0.846. The summed E-state index contributed by atoms with van der Waals surface area (Å²) >= 11 is 5.99. The molecule has 0 spiro atoms. The second-order valence-corrected chi connectivity index (χ2v) is 5.65. The molecule has 120 valence electrons. The number of ether oxygens (including phenoxy) is 1. The lowest BCUT2D eigenvalue weighted by Crippen LogP contribution is -2.37. The first-order chi connectivity index (χ1) is 10.5. The largest absolute Gasteiger partial charge is 0.491 e. The number of carbonyl (C=O) groups excluding carboxylic acids is 2. The molecule has 1 aromatic carbocycles. The van der Waals surface area contributed by atoms with Crippen LogP contribution in [0.3, 0.4) is 0 Å². The highest BCUT2D eigenvalue weighted by Crippen LogP contribution is 2.25. The first-order valence-corrected chi connectivity index (χ1v) is 7.58. The zero-order valence-electron chi connectivity index (χ0n) is 12.5. The summed E-state index contributed by atoms with van der Waals surface area (Å²) in [4.78, 5) is 25.5. The summed E-state index contributed by atoms with van der Waals surface area (Å²) in [6.07, 6.45) is 0.741. The lowest BCUT2D eigenvalue weighted by molar-refractivity contribution is -0.119. The number of hydrogen-bond donors (Lipinski definition) is 2. The van der Waals surface area contributed by atoms with E-state index in [0.717, 1.165) is 6.42 Å². The van der Waals surface area contributed by atoms with Crippen LogP contribution in [0.2, 0.25) is 5.02 Å². The molecule has 1 aromatic rings. The van der Waals surface area contributed by atoms with Crippen LogP contribution in [-0.2, 0) is 4.79 Å². The number of halogens is 1. The molecular formula is C15H20ClN3O3. The number of hydrogen-bond acceptors (Lipinski definition) is 4. The zero-order valence-corrected chi connectivity index (χ0v) is 13.2. The standard InChI is InChI=1S/C15H20ClN3O3/c1-10(20)18-12-4-6-19(9-12)15(21)13-8-11(16)2-3-14(13)22-7-5-17/h2-3,8,12H,4-7,9,17H2,1H3,(H,18,20). The Morgan fingerprint density at radius 2 is 2.27 bits per heavy atom. The molecular weight excluding hydrogens is 306 g/mol. The van der Waals surface area contributed by atoms with Crippen molar-refractivity contribution >= 4 is 23.4 Å². The maximum Gasteiger partial charge on any atom is 0.257 e. The summed E-state index contributed by atoms with van der Waals surface area (Å²) in [5.41, 5.74) is 5.85. The molecule has 0 aliphatic carbocycles. The first-order valence-electron chi connectivity index (χ1n) is 7.20. The van der Waals surface area contributed by atoms with Crippen molar-refractivity contribution in [2.24, 2.45) is 5.73 Å². The van der Waals surface area contributed by atoms with Gasteiger partial charge in [0.1, 0.15) is 12.4 Å². The van der Waals surface area contributed by atoms with Gasteiger partial charge in [0.05, 0.1) is 5.56 Å². The molecule has 1 atom stereocenters. The highest BCUT2D eigenvalue weighted by molar-refractivity contribution is 6.31. The van der Waals surface area contributed by atoms with Crippen LogP contribution in [-0.4, -0.2) is 49.0 Å². The summed E-state index contributed by atoms with van der Waals surface area (Å²) < 4.78 is 5.51. The maximum atomic E-state index is 12.7. The zero-order chi connectivity index (χ0) is 16.1. The van der Waals surface area contributed by atoms with Crippen molar-refractivity contribution in [2.75, 3.05) is 26.2 Å². The van der Waals surface area contributed by atoms with Gasteiger partial charge >= 0.3 is 0 Å². The van der Waals surface area contributed by atoms with Gasteiger partial charge in [0.25, 0.3) is 5.91 Å². The molecule has 1 aliphatic rings. The smallest absolute Gasteiger partial charge is 0.257 e. The van der Waals surface area contributed by atoms with Crippen LogP contribution >= 0.6 is 11.6 Å². The minimum Gasteiger partial charge on any atom is -0.491 e. The number of nitrogens with two attached hydrogens (primary N) is 1. The minimum absolute atomic E-state index is 0.00551. The number of likely N-dealkylation sites (tertiary alicyclic amines) is 1. The molecule has 1 aliphatic heterocycles. The SMILES string of the molecule is CC(=O)NC1CCN(C(=O)c2cc(Cl)ccc2OCCN)C1. The lowest BCUT2D eigenvalue weighted by Gasteiger charge is -2.19. The summed E-state index contributed by atoms with van der Waals surface area (Å²) in [5.74, 6) is 0.235. The van der Waals surface area contributed by atoms with Crippen LogP contribution < -0.4 is 15.8 Å². The van der Waals surface area contributed by atoms with E-state index in [1.54, 1.807) is 23.1 Å². The third-order valence-corrected chi connectivity index (χ3v) is 3.67. The van der Waals surface area contributed by atoms with Gasteiger partial charge in [0.15, 0.2) is 0 Å². The second kappa shape index (κ2) is 7.47. The van der Waals surface area contributed by atoms with Gasteiger partial charge in [-0.05, 0) is 24.6 Å². The van der Waals surface area contributed by atoms with Gasteiger partial charge in [0.2, 0.25) is 5.91 Å². The van der Waals surface area contributed by atoms with Gasteiger partial charge in [-0.15, -0.1) is 0 Å². The van der Waals surface area contributed by atoms with E-state index >= 15 is 0 Å². The fourth-order valence-electron chi connectivity index (χ4n) is 2.48. The summed E-state index contributed by atoms with van der Waals surface area (Å²) in [6, 6.07) is 4.94. The molecule has 0 aromatic heterocycles. The third-order valence-electron chi connectivity index (χ3n) is 3.43. The molecule has 2 rings (SSSR count). The molecule has 22 heavy (non-hydrogen) atoms. The van der Waals surface area contributed by atoms with Crippen molar-refractivity contribution in [3.05, 3.63) is 28.8 Å². The number of benzene rings is 1. The molecule has 0 radical (unpaired) electrons. The first kappa shape index (κ1) is 16.6. The van der Waals surface area contributed by atoms with E-state index in [-0.39, 0.29) is 17.9 Å². The van der Waals surface area contributed by atoms with E-state index in [4.69, 9.17) is 22.1 Å². The van der Waals surface area contributed by atoms with Crippen LogP contribution in [0.25, 0.3) is 0 Å². The second-order valence-electron chi connectivity index (χ2n) is 5.21. The molecule has 6 nitrogen and oxygen atoms in total. The van der Waals surface area contributed by atoms with Gasteiger partial charge in [-0.25, -0.2) is 0 Å². The van der Waals surface area contributed by atoms with E-state index in [2.05, 4.69) is 5.32 Å². The van der Waals surface area contributed by atoms with Crippen molar-refractivity contribution in [2.45, 2.75) is 19.4 Å². The topological polar surface area (TPSA) is 84.7 Å². The van der Waals surface area contributed by atoms with Gasteiger partial charge in [-0.1, -0.05) is 11.6 Å². The van der Waals surface area contributed by atoms with Gasteiger partial charge < -0.3 is 20.7 Å². The van der Waals surface area contributed by atoms with Crippen LogP contribution in [0.4, 0.5) is 0 Å². The number of carbonyl (C=O) groups is 2. The van der Waals surface area contributed by atoms with E-state index in [9.17, 15) is 9.59 Å². The summed E-state index contributed by atoms with van der Waals surface area (Å²) in [6.45, 7) is 3.25. The molecule has 0 saturated carbocycles. The summed E-state index contributed by atoms with van der Waals surface area (Å²) in [5, 5.41) is 3.30. The average molecular weight is 326 g/mol. The van der Waals surface area contributed by atoms with Gasteiger partial charge in [-0.2, -0.15) is 0 Å².